The minimum atomic E-state index is -3.58. The van der Waals surface area contributed by atoms with Crippen LogP contribution in [0, 0.1) is 0 Å². The number of hydrogen-bond acceptors (Lipinski definition) is 7. The molecule has 142 valence electrons. The van der Waals surface area contributed by atoms with Crippen LogP contribution < -0.4 is 9.47 Å². The zero-order valence-electron chi connectivity index (χ0n) is 14.9. The van der Waals surface area contributed by atoms with E-state index in [1.807, 2.05) is 36.4 Å². The van der Waals surface area contributed by atoms with Crippen LogP contribution >= 0.6 is 0 Å². The van der Waals surface area contributed by atoms with Gasteiger partial charge in [0.05, 0.1) is 34.9 Å². The van der Waals surface area contributed by atoms with Crippen molar-refractivity contribution in [1.82, 2.24) is 14.4 Å². The molecule has 3 aromatic rings. The fourth-order valence-corrected chi connectivity index (χ4v) is 4.29. The van der Waals surface area contributed by atoms with Crippen molar-refractivity contribution in [2.24, 2.45) is 5.10 Å². The third kappa shape index (κ3) is 2.84. The van der Waals surface area contributed by atoms with E-state index in [2.05, 4.69) is 15.1 Å². The first-order valence-electron chi connectivity index (χ1n) is 8.68. The molecule has 0 radical (unpaired) electrons. The molecule has 2 aliphatic rings. The Bertz CT molecular complexity index is 1230. The van der Waals surface area contributed by atoms with Gasteiger partial charge >= 0.3 is 0 Å². The molecule has 0 spiro atoms. The minimum Gasteiger partial charge on any atom is -0.454 e. The number of para-hydroxylation sites is 2. The van der Waals surface area contributed by atoms with Crippen molar-refractivity contribution in [2.75, 3.05) is 13.0 Å². The van der Waals surface area contributed by atoms with Crippen LogP contribution in [0.4, 0.5) is 0 Å². The van der Waals surface area contributed by atoms with Gasteiger partial charge in [-0.3, -0.25) is 4.98 Å². The van der Waals surface area contributed by atoms with E-state index in [0.29, 0.717) is 34.8 Å². The van der Waals surface area contributed by atoms with Crippen molar-refractivity contribution in [3.05, 3.63) is 59.9 Å². The van der Waals surface area contributed by atoms with Crippen LogP contribution in [0.15, 0.2) is 53.8 Å². The van der Waals surface area contributed by atoms with Crippen molar-refractivity contribution in [3.8, 4) is 11.5 Å². The van der Waals surface area contributed by atoms with E-state index < -0.39 is 16.1 Å². The van der Waals surface area contributed by atoms with Crippen LogP contribution in [0.3, 0.4) is 0 Å². The summed E-state index contributed by atoms with van der Waals surface area (Å²) >= 11 is 0. The molecule has 0 fully saturated rings. The molecule has 0 bridgehead atoms. The Hall–Kier alpha value is -3.20. The quantitative estimate of drug-likeness (QED) is 0.675. The normalized spacial score (nSPS) is 18.5. The number of ether oxygens (including phenoxy) is 2. The highest BCUT2D eigenvalue weighted by Gasteiger charge is 2.36. The molecule has 28 heavy (non-hydrogen) atoms. The van der Waals surface area contributed by atoms with Gasteiger partial charge in [0.15, 0.2) is 11.5 Å². The fourth-order valence-electron chi connectivity index (χ4n) is 3.40. The Morgan fingerprint density at radius 2 is 1.86 bits per heavy atom. The van der Waals surface area contributed by atoms with Gasteiger partial charge in [-0.25, -0.2) is 13.4 Å². The molecule has 9 heteroatoms. The predicted octanol–water partition coefficient (Wildman–Crippen LogP) is 2.47. The first-order chi connectivity index (χ1) is 13.5. The number of fused-ring (bicyclic) bond motifs is 2. The highest BCUT2D eigenvalue weighted by Crippen LogP contribution is 2.37. The predicted molar refractivity (Wildman–Crippen MR) is 103 cm³/mol. The van der Waals surface area contributed by atoms with Crippen LogP contribution in [-0.4, -0.2) is 41.6 Å². The first-order valence-corrected chi connectivity index (χ1v) is 10.5. The molecule has 1 atom stereocenters. The van der Waals surface area contributed by atoms with Crippen molar-refractivity contribution < 1.29 is 17.9 Å². The summed E-state index contributed by atoms with van der Waals surface area (Å²) in [5, 5.41) is 4.39. The molecule has 0 amide bonds. The Labute approximate surface area is 161 Å². The van der Waals surface area contributed by atoms with Gasteiger partial charge in [0.2, 0.25) is 16.8 Å². The van der Waals surface area contributed by atoms with Gasteiger partial charge < -0.3 is 9.47 Å². The summed E-state index contributed by atoms with van der Waals surface area (Å²) in [4.78, 5) is 9.04. The first kappa shape index (κ1) is 16.9. The topological polar surface area (TPSA) is 94.0 Å². The number of nitrogens with zero attached hydrogens (tertiary/aromatic N) is 4. The van der Waals surface area contributed by atoms with Gasteiger partial charge in [0.1, 0.15) is 6.04 Å². The molecule has 2 aliphatic heterocycles. The summed E-state index contributed by atoms with van der Waals surface area (Å²) < 4.78 is 36.6. The van der Waals surface area contributed by atoms with Crippen molar-refractivity contribution >= 4 is 26.8 Å². The molecular weight excluding hydrogens is 380 g/mol. The lowest BCUT2D eigenvalue weighted by molar-refractivity contribution is 0.174. The lowest BCUT2D eigenvalue weighted by Crippen LogP contribution is -2.26. The van der Waals surface area contributed by atoms with E-state index in [0.717, 1.165) is 21.8 Å². The summed E-state index contributed by atoms with van der Waals surface area (Å²) in [6, 6.07) is 12.4. The lowest BCUT2D eigenvalue weighted by Gasteiger charge is -2.20. The van der Waals surface area contributed by atoms with E-state index >= 15 is 0 Å². The van der Waals surface area contributed by atoms with Gasteiger partial charge in [0, 0.05) is 12.0 Å². The fraction of sp³-hybridized carbons (Fsp3) is 0.211. The van der Waals surface area contributed by atoms with Gasteiger partial charge in [0.25, 0.3) is 0 Å². The summed E-state index contributed by atoms with van der Waals surface area (Å²) in [6.45, 7) is 0.177. The average Bonchev–Trinajstić information content (AvgIpc) is 3.34. The van der Waals surface area contributed by atoms with Crippen LogP contribution in [0.5, 0.6) is 11.5 Å². The molecule has 1 aromatic heterocycles. The van der Waals surface area contributed by atoms with Crippen LogP contribution in [-0.2, 0) is 10.0 Å². The Morgan fingerprint density at radius 3 is 2.68 bits per heavy atom. The molecule has 2 aromatic carbocycles. The van der Waals surface area contributed by atoms with Gasteiger partial charge in [-0.05, 0) is 30.3 Å². The van der Waals surface area contributed by atoms with E-state index in [9.17, 15) is 8.42 Å². The largest absolute Gasteiger partial charge is 0.454 e. The van der Waals surface area contributed by atoms with Gasteiger partial charge in [-0.1, -0.05) is 12.1 Å². The molecule has 0 N–H and O–H groups in total. The molecule has 3 heterocycles. The zero-order valence-corrected chi connectivity index (χ0v) is 15.8. The van der Waals surface area contributed by atoms with Crippen molar-refractivity contribution in [2.45, 2.75) is 12.5 Å². The number of sulfonamides is 1. The minimum absolute atomic E-state index is 0.177. The third-order valence-corrected chi connectivity index (χ3v) is 5.74. The lowest BCUT2D eigenvalue weighted by atomic mass is 10.0. The highest BCUT2D eigenvalue weighted by atomic mass is 32.2. The number of benzene rings is 2. The second-order valence-electron chi connectivity index (χ2n) is 6.65. The summed E-state index contributed by atoms with van der Waals surface area (Å²) in [5.41, 5.74) is 3.46. The third-order valence-electron chi connectivity index (χ3n) is 4.73. The maximum Gasteiger partial charge on any atom is 0.247 e. The Morgan fingerprint density at radius 1 is 1.07 bits per heavy atom. The molecule has 0 saturated heterocycles. The number of rotatable bonds is 3. The van der Waals surface area contributed by atoms with Gasteiger partial charge in [-0.15, -0.1) is 0 Å². The smallest absolute Gasteiger partial charge is 0.247 e. The standard InChI is InChI=1S/C19H16N4O4S/c1-28(24,25)23-17(16-10-20-13-4-2-3-5-14(13)21-16)9-15(22-23)12-6-7-18-19(8-12)27-11-26-18/h2-8,10,17H,9,11H2,1H3. The molecule has 8 nitrogen and oxygen atoms in total. The van der Waals surface area contributed by atoms with Crippen LogP contribution in [0.1, 0.15) is 23.7 Å². The van der Waals surface area contributed by atoms with E-state index in [1.165, 1.54) is 0 Å². The second-order valence-corrected chi connectivity index (χ2v) is 8.49. The van der Waals surface area contributed by atoms with Crippen molar-refractivity contribution in [1.29, 1.82) is 0 Å². The summed E-state index contributed by atoms with van der Waals surface area (Å²) in [7, 11) is -3.58. The monoisotopic (exact) mass is 396 g/mol. The molecule has 0 saturated carbocycles. The number of hydrogen-bond donors (Lipinski definition) is 0. The summed E-state index contributed by atoms with van der Waals surface area (Å²) in [5.74, 6) is 1.29. The average molecular weight is 396 g/mol. The Kier molecular flexibility index (Phi) is 3.73. The number of aromatic nitrogens is 2. The van der Waals surface area contributed by atoms with Gasteiger partial charge in [-0.2, -0.15) is 9.52 Å². The zero-order chi connectivity index (χ0) is 19.3. The molecule has 5 rings (SSSR count). The van der Waals surface area contributed by atoms with E-state index in [4.69, 9.17) is 9.47 Å². The Balaban J connectivity index is 1.55. The molecular formula is C19H16N4O4S. The highest BCUT2D eigenvalue weighted by molar-refractivity contribution is 7.88. The second kappa shape index (κ2) is 6.16. The summed E-state index contributed by atoms with van der Waals surface area (Å²) in [6.07, 6.45) is 3.14. The maximum absolute atomic E-state index is 12.4. The van der Waals surface area contributed by atoms with Crippen LogP contribution in [0.2, 0.25) is 0 Å². The molecule has 0 aliphatic carbocycles. The molecule has 1 unspecified atom stereocenters. The number of hydrazone groups is 1. The van der Waals surface area contributed by atoms with E-state index in [1.54, 1.807) is 12.3 Å². The van der Waals surface area contributed by atoms with Crippen molar-refractivity contribution in [3.63, 3.8) is 0 Å². The SMILES string of the molecule is CS(=O)(=O)N1N=C(c2ccc3c(c2)OCO3)CC1c1cnc2ccccc2n1. The maximum atomic E-state index is 12.4. The van der Waals surface area contributed by atoms with Crippen LogP contribution in [0.25, 0.3) is 11.0 Å². The van der Waals surface area contributed by atoms with E-state index in [-0.39, 0.29) is 6.79 Å².